The van der Waals surface area contributed by atoms with Gasteiger partial charge in [0.15, 0.2) is 5.78 Å². The minimum Gasteiger partial charge on any atom is -0.497 e. The Morgan fingerprint density at radius 2 is 1.53 bits per heavy atom. The fourth-order valence-electron chi connectivity index (χ4n) is 2.96. The van der Waals surface area contributed by atoms with Crippen LogP contribution < -0.4 is 9.46 Å². The molecule has 0 amide bonds. The number of ether oxygens (including phenoxy) is 1. The van der Waals surface area contributed by atoms with Gasteiger partial charge in [-0.2, -0.15) is 4.72 Å². The molecule has 0 radical (unpaired) electrons. The number of hydrogen-bond acceptors (Lipinski definition) is 4. The van der Waals surface area contributed by atoms with Gasteiger partial charge in [0.25, 0.3) is 0 Å². The average Bonchev–Trinajstić information content (AvgIpc) is 2.77. The number of hydrogen-bond donors (Lipinski definition) is 1. The first-order chi connectivity index (χ1) is 14.3. The Hall–Kier alpha value is -2.48. The number of halogens is 1. The van der Waals surface area contributed by atoms with Crippen LogP contribution in [0.2, 0.25) is 0 Å². The van der Waals surface area contributed by atoms with Crippen LogP contribution >= 0.6 is 15.9 Å². The highest BCUT2D eigenvalue weighted by Crippen LogP contribution is 2.31. The molecular weight excluding hydrogens is 466 g/mol. The molecule has 5 nitrogen and oxygen atoms in total. The monoisotopic (exact) mass is 487 g/mol. The molecular formula is C23H22BrNO4S. The molecule has 3 aromatic rings. The van der Waals surface area contributed by atoms with Gasteiger partial charge in [0.1, 0.15) is 11.8 Å². The Balaban J connectivity index is 1.98. The Morgan fingerprint density at radius 1 is 0.933 bits per heavy atom. The first-order valence-corrected chi connectivity index (χ1v) is 11.7. The molecule has 30 heavy (non-hydrogen) atoms. The lowest BCUT2D eigenvalue weighted by molar-refractivity contribution is 0.0952. The van der Waals surface area contributed by atoms with Crippen LogP contribution in [0, 0.1) is 6.92 Å². The van der Waals surface area contributed by atoms with E-state index in [0.29, 0.717) is 11.3 Å². The zero-order valence-corrected chi connectivity index (χ0v) is 19.0. The van der Waals surface area contributed by atoms with Crippen LogP contribution in [0.1, 0.15) is 26.3 Å². The van der Waals surface area contributed by atoms with Gasteiger partial charge in [-0.05, 0) is 36.8 Å². The highest BCUT2D eigenvalue weighted by Gasteiger charge is 2.33. The van der Waals surface area contributed by atoms with Crippen LogP contribution in [0.25, 0.3) is 0 Å². The third-order valence-corrected chi connectivity index (χ3v) is 7.20. The first kappa shape index (κ1) is 22.2. The highest BCUT2D eigenvalue weighted by molar-refractivity contribution is 9.09. The number of ketones is 1. The molecule has 0 fully saturated rings. The van der Waals surface area contributed by atoms with E-state index in [2.05, 4.69) is 20.7 Å². The summed E-state index contributed by atoms with van der Waals surface area (Å²) in [4.78, 5) is 12.8. The van der Waals surface area contributed by atoms with E-state index in [4.69, 9.17) is 4.74 Å². The van der Waals surface area contributed by atoms with Crippen LogP contribution in [0.5, 0.6) is 5.75 Å². The van der Waals surface area contributed by atoms with Crippen molar-refractivity contribution in [3.8, 4) is 5.75 Å². The number of carbonyl (C=O) groups excluding carboxylic acids is 1. The number of alkyl halides is 1. The van der Waals surface area contributed by atoms with Crippen molar-refractivity contribution in [1.29, 1.82) is 0 Å². The van der Waals surface area contributed by atoms with Crippen LogP contribution in [-0.2, 0) is 10.0 Å². The quantitative estimate of drug-likeness (QED) is 0.370. The van der Waals surface area contributed by atoms with Gasteiger partial charge >= 0.3 is 0 Å². The van der Waals surface area contributed by atoms with E-state index >= 15 is 0 Å². The summed E-state index contributed by atoms with van der Waals surface area (Å²) >= 11 is 3.55. The second-order valence-corrected chi connectivity index (χ2v) is 9.52. The predicted molar refractivity (Wildman–Crippen MR) is 121 cm³/mol. The summed E-state index contributed by atoms with van der Waals surface area (Å²) in [6.07, 6.45) is 0. The van der Waals surface area contributed by atoms with E-state index < -0.39 is 20.9 Å². The number of nitrogens with one attached hydrogen (secondary N) is 1. The van der Waals surface area contributed by atoms with Gasteiger partial charge in [0, 0.05) is 5.56 Å². The number of rotatable bonds is 8. The van der Waals surface area contributed by atoms with Gasteiger partial charge in [-0.1, -0.05) is 76.1 Å². The molecule has 0 saturated carbocycles. The molecule has 1 N–H and O–H groups in total. The van der Waals surface area contributed by atoms with Gasteiger partial charge in [-0.25, -0.2) is 8.42 Å². The molecule has 0 aliphatic carbocycles. The molecule has 0 unspecified atom stereocenters. The Morgan fingerprint density at radius 3 is 2.10 bits per heavy atom. The largest absolute Gasteiger partial charge is 0.497 e. The summed E-state index contributed by atoms with van der Waals surface area (Å²) in [5.74, 6) is 0.341. The van der Waals surface area contributed by atoms with Crippen molar-refractivity contribution in [2.24, 2.45) is 0 Å². The molecule has 0 aliphatic heterocycles. The highest BCUT2D eigenvalue weighted by atomic mass is 79.9. The summed E-state index contributed by atoms with van der Waals surface area (Å²) in [7, 11) is -2.35. The molecule has 7 heteroatoms. The third kappa shape index (κ3) is 5.16. The van der Waals surface area contributed by atoms with Gasteiger partial charge < -0.3 is 4.74 Å². The van der Waals surface area contributed by atoms with Crippen LogP contribution in [-0.4, -0.2) is 27.4 Å². The summed E-state index contributed by atoms with van der Waals surface area (Å²) in [6, 6.07) is 21.2. The zero-order valence-electron chi connectivity index (χ0n) is 16.6. The molecule has 0 saturated heterocycles. The predicted octanol–water partition coefficient (Wildman–Crippen LogP) is 4.67. The molecule has 0 bridgehead atoms. The van der Waals surface area contributed by atoms with Crippen molar-refractivity contribution in [2.75, 3.05) is 7.11 Å². The van der Waals surface area contributed by atoms with Crippen molar-refractivity contribution >= 4 is 31.7 Å². The second kappa shape index (κ2) is 9.55. The lowest BCUT2D eigenvalue weighted by atomic mass is 9.98. The molecule has 2 atom stereocenters. The van der Waals surface area contributed by atoms with E-state index in [1.807, 2.05) is 6.92 Å². The number of carbonyl (C=O) groups is 1. The maximum atomic E-state index is 13.3. The minimum atomic E-state index is -3.92. The van der Waals surface area contributed by atoms with Crippen molar-refractivity contribution in [1.82, 2.24) is 4.72 Å². The van der Waals surface area contributed by atoms with Gasteiger partial charge in [-0.15, -0.1) is 0 Å². The van der Waals surface area contributed by atoms with Crippen molar-refractivity contribution in [3.05, 3.63) is 95.6 Å². The second-order valence-electron chi connectivity index (χ2n) is 6.82. The van der Waals surface area contributed by atoms with E-state index in [1.165, 1.54) is 12.1 Å². The fourth-order valence-corrected chi connectivity index (χ4v) is 5.02. The molecule has 0 aliphatic rings. The summed E-state index contributed by atoms with van der Waals surface area (Å²) in [6.45, 7) is 1.88. The molecule has 0 heterocycles. The maximum Gasteiger partial charge on any atom is 0.241 e. The van der Waals surface area contributed by atoms with E-state index in [9.17, 15) is 13.2 Å². The van der Waals surface area contributed by atoms with Crippen LogP contribution in [0.15, 0.2) is 83.8 Å². The van der Waals surface area contributed by atoms with Crippen molar-refractivity contribution in [3.63, 3.8) is 0 Å². The number of aryl methyl sites for hydroxylation is 1. The van der Waals surface area contributed by atoms with Crippen LogP contribution in [0.4, 0.5) is 0 Å². The van der Waals surface area contributed by atoms with Crippen molar-refractivity contribution < 1.29 is 17.9 Å². The maximum absolute atomic E-state index is 13.3. The zero-order chi connectivity index (χ0) is 21.7. The summed E-state index contributed by atoms with van der Waals surface area (Å²) in [5.41, 5.74) is 2.12. The normalized spacial score (nSPS) is 13.4. The SMILES string of the molecule is COc1ccc([C@@H](Br)[C@@H](NS(=O)(=O)c2ccc(C)cc2)C(=O)c2ccccc2)cc1. The van der Waals surface area contributed by atoms with Crippen molar-refractivity contribution in [2.45, 2.75) is 22.7 Å². The summed E-state index contributed by atoms with van der Waals surface area (Å²) in [5, 5.41) is 0. The number of benzene rings is 3. The van der Waals surface area contributed by atoms with E-state index in [0.717, 1.165) is 11.1 Å². The number of methoxy groups -OCH3 is 1. The van der Waals surface area contributed by atoms with E-state index in [-0.39, 0.29) is 10.7 Å². The third-order valence-electron chi connectivity index (χ3n) is 4.68. The minimum absolute atomic E-state index is 0.105. The Labute approximate surface area is 185 Å². The number of sulfonamides is 1. The summed E-state index contributed by atoms with van der Waals surface area (Å²) < 4.78 is 33.8. The smallest absolute Gasteiger partial charge is 0.241 e. The van der Waals surface area contributed by atoms with Gasteiger partial charge in [0.2, 0.25) is 10.0 Å². The average molecular weight is 488 g/mol. The Kier molecular flexibility index (Phi) is 7.07. The topological polar surface area (TPSA) is 72.5 Å². The molecule has 0 spiro atoms. The Bertz CT molecular complexity index is 1100. The standard InChI is InChI=1S/C23H22BrNO4S/c1-16-8-14-20(15-9-16)30(27,28)25-22(23(26)18-6-4-3-5-7-18)21(24)17-10-12-19(29-2)13-11-17/h3-15,21-22,25H,1-2H3/t21-,22-/m1/s1. The van der Waals surface area contributed by atoms with Crippen LogP contribution in [0.3, 0.4) is 0 Å². The molecule has 0 aromatic heterocycles. The fraction of sp³-hybridized carbons (Fsp3) is 0.174. The number of Topliss-reactive ketones (excluding diaryl/α,β-unsaturated/α-hetero) is 1. The molecule has 3 rings (SSSR count). The molecule has 3 aromatic carbocycles. The lowest BCUT2D eigenvalue weighted by Crippen LogP contribution is -2.43. The van der Waals surface area contributed by atoms with Gasteiger partial charge in [0.05, 0.1) is 16.8 Å². The van der Waals surface area contributed by atoms with Gasteiger partial charge in [-0.3, -0.25) is 4.79 Å². The lowest BCUT2D eigenvalue weighted by Gasteiger charge is -2.23. The molecule has 156 valence electrons. The first-order valence-electron chi connectivity index (χ1n) is 9.28. The van der Waals surface area contributed by atoms with E-state index in [1.54, 1.807) is 73.8 Å².